The lowest BCUT2D eigenvalue weighted by molar-refractivity contribution is -0.385. The van der Waals surface area contributed by atoms with Gasteiger partial charge in [-0.3, -0.25) is 20.2 Å². The summed E-state index contributed by atoms with van der Waals surface area (Å²) in [5, 5.41) is 24.9. The second-order valence-electron chi connectivity index (χ2n) is 11.2. The summed E-state index contributed by atoms with van der Waals surface area (Å²) in [5.41, 5.74) is 3.50. The molecule has 0 aliphatic rings. The molecule has 0 spiro atoms. The van der Waals surface area contributed by atoms with Crippen molar-refractivity contribution in [2.24, 2.45) is 0 Å². The lowest BCUT2D eigenvalue weighted by Gasteiger charge is -2.16. The van der Waals surface area contributed by atoms with E-state index >= 15 is 0 Å². The monoisotopic (exact) mass is 653 g/mol. The van der Waals surface area contributed by atoms with Crippen molar-refractivity contribution in [2.75, 3.05) is 27.2 Å². The van der Waals surface area contributed by atoms with Crippen LogP contribution in [0.15, 0.2) is 102 Å². The van der Waals surface area contributed by atoms with Crippen molar-refractivity contribution in [3.63, 3.8) is 0 Å². The fourth-order valence-electron chi connectivity index (χ4n) is 4.82. The highest BCUT2D eigenvalue weighted by Gasteiger charge is 2.10. The highest BCUT2D eigenvalue weighted by atomic mass is 32.1. The van der Waals surface area contributed by atoms with Gasteiger partial charge in [-0.25, -0.2) is 4.98 Å². The average molecular weight is 654 g/mol. The summed E-state index contributed by atoms with van der Waals surface area (Å²) < 4.78 is 11.6. The van der Waals surface area contributed by atoms with E-state index in [0.29, 0.717) is 23.0 Å². The molecule has 12 heteroatoms. The maximum absolute atomic E-state index is 10.8. The minimum Gasteiger partial charge on any atom is -0.457 e. The molecule has 0 unspecified atom stereocenters. The van der Waals surface area contributed by atoms with Gasteiger partial charge in [-0.1, -0.05) is 24.3 Å². The summed E-state index contributed by atoms with van der Waals surface area (Å²) in [4.78, 5) is 30.2. The van der Waals surface area contributed by atoms with Crippen molar-refractivity contribution in [3.8, 4) is 23.0 Å². The van der Waals surface area contributed by atoms with E-state index in [-0.39, 0.29) is 11.4 Å². The summed E-state index contributed by atoms with van der Waals surface area (Å²) in [6, 6.07) is 27.8. The zero-order valence-corrected chi connectivity index (χ0v) is 27.0. The molecular formula is C35H35N5O6S. The van der Waals surface area contributed by atoms with Gasteiger partial charge >= 0.3 is 0 Å². The smallest absolute Gasteiger partial charge is 0.269 e. The fourth-order valence-corrected chi connectivity index (χ4v) is 5.64. The maximum Gasteiger partial charge on any atom is 0.269 e. The molecule has 0 amide bonds. The molecule has 47 heavy (non-hydrogen) atoms. The number of hydrogen-bond acceptors (Lipinski definition) is 10. The van der Waals surface area contributed by atoms with Crippen molar-refractivity contribution in [1.82, 2.24) is 14.8 Å². The Morgan fingerprint density at radius 1 is 0.617 bits per heavy atom. The molecule has 0 aliphatic heterocycles. The van der Waals surface area contributed by atoms with Gasteiger partial charge < -0.3 is 19.3 Å². The average Bonchev–Trinajstić information content (AvgIpc) is 3.53. The van der Waals surface area contributed by atoms with Gasteiger partial charge in [0, 0.05) is 68.7 Å². The molecule has 11 nitrogen and oxygen atoms in total. The van der Waals surface area contributed by atoms with Crippen molar-refractivity contribution in [3.05, 3.63) is 144 Å². The first-order valence-electron chi connectivity index (χ1n) is 15.0. The predicted molar refractivity (Wildman–Crippen MR) is 181 cm³/mol. The van der Waals surface area contributed by atoms with E-state index in [4.69, 9.17) is 14.5 Å². The summed E-state index contributed by atoms with van der Waals surface area (Å²) in [5.74, 6) is 2.45. The topological polar surface area (TPSA) is 124 Å². The highest BCUT2D eigenvalue weighted by Crippen LogP contribution is 2.26. The van der Waals surface area contributed by atoms with Crippen LogP contribution < -0.4 is 9.47 Å². The number of non-ortho nitro benzene ring substituents is 2. The van der Waals surface area contributed by atoms with Crippen molar-refractivity contribution in [2.45, 2.75) is 25.9 Å². The quantitative estimate of drug-likeness (QED) is 0.0772. The molecule has 0 atom stereocenters. The van der Waals surface area contributed by atoms with Gasteiger partial charge in [0.25, 0.3) is 11.4 Å². The van der Waals surface area contributed by atoms with Crippen LogP contribution in [0.1, 0.15) is 21.8 Å². The second kappa shape index (κ2) is 15.9. The van der Waals surface area contributed by atoms with Crippen molar-refractivity contribution in [1.29, 1.82) is 0 Å². The van der Waals surface area contributed by atoms with Crippen LogP contribution in [0.4, 0.5) is 11.4 Å². The number of rotatable bonds is 16. The molecule has 0 saturated carbocycles. The normalized spacial score (nSPS) is 11.1. The zero-order valence-electron chi connectivity index (χ0n) is 26.2. The molecule has 5 aromatic rings. The molecular weight excluding hydrogens is 618 g/mol. The van der Waals surface area contributed by atoms with Crippen molar-refractivity contribution < 1.29 is 19.3 Å². The first kappa shape index (κ1) is 33.2. The number of nitro benzene ring substituents is 2. The van der Waals surface area contributed by atoms with Gasteiger partial charge in [0.05, 0.1) is 20.5 Å². The number of ether oxygens (including phenoxy) is 2. The van der Waals surface area contributed by atoms with Crippen LogP contribution in [0, 0.1) is 20.2 Å². The maximum atomic E-state index is 10.8. The van der Waals surface area contributed by atoms with Crippen LogP contribution >= 0.6 is 11.3 Å². The SMILES string of the molecule is CN(CCc1csc(CCN(C)Cc2ccc(Oc3ccc([N+](=O)[O-])cc3)cc2)n1)Cc1ccc(Oc2ccc([N+](=O)[O-])cc2)cc1. The van der Waals surface area contributed by atoms with Gasteiger partial charge in [0.15, 0.2) is 0 Å². The van der Waals surface area contributed by atoms with Crippen LogP contribution in [0.5, 0.6) is 23.0 Å². The molecule has 0 saturated heterocycles. The van der Waals surface area contributed by atoms with E-state index in [1.807, 2.05) is 48.5 Å². The predicted octanol–water partition coefficient (Wildman–Crippen LogP) is 7.89. The lowest BCUT2D eigenvalue weighted by Crippen LogP contribution is -2.21. The minimum absolute atomic E-state index is 0.0317. The number of nitrogens with zero attached hydrogens (tertiary/aromatic N) is 5. The van der Waals surface area contributed by atoms with E-state index in [2.05, 4.69) is 29.3 Å². The molecule has 0 N–H and O–H groups in total. The molecule has 4 aromatic carbocycles. The van der Waals surface area contributed by atoms with Crippen LogP contribution in [0.25, 0.3) is 0 Å². The van der Waals surface area contributed by atoms with E-state index in [0.717, 1.165) is 60.8 Å². The summed E-state index contributed by atoms with van der Waals surface area (Å²) in [6.07, 6.45) is 1.76. The Bertz CT molecular complexity index is 1630. The Balaban J connectivity index is 1.00. The number of thiazole rings is 1. The van der Waals surface area contributed by atoms with E-state index in [9.17, 15) is 20.2 Å². The second-order valence-corrected chi connectivity index (χ2v) is 12.1. The van der Waals surface area contributed by atoms with E-state index in [1.165, 1.54) is 24.3 Å². The van der Waals surface area contributed by atoms with Crippen molar-refractivity contribution >= 4 is 22.7 Å². The summed E-state index contributed by atoms with van der Waals surface area (Å²) in [6.45, 7) is 3.36. The first-order chi connectivity index (χ1) is 22.7. The Hall–Kier alpha value is -5.17. The molecule has 1 aromatic heterocycles. The molecule has 0 radical (unpaired) electrons. The summed E-state index contributed by atoms with van der Waals surface area (Å²) in [7, 11) is 4.19. The van der Waals surface area contributed by atoms with Crippen LogP contribution in [0.2, 0.25) is 0 Å². The van der Waals surface area contributed by atoms with Gasteiger partial charge in [0.2, 0.25) is 0 Å². The Kier molecular flexibility index (Phi) is 11.2. The number of aromatic nitrogens is 1. The third-order valence-electron chi connectivity index (χ3n) is 7.37. The number of hydrogen-bond donors (Lipinski definition) is 0. The van der Waals surface area contributed by atoms with Crippen LogP contribution in [0.3, 0.4) is 0 Å². The Morgan fingerprint density at radius 3 is 1.40 bits per heavy atom. The molecule has 242 valence electrons. The van der Waals surface area contributed by atoms with E-state index in [1.54, 1.807) is 35.6 Å². The lowest BCUT2D eigenvalue weighted by atomic mass is 10.2. The molecule has 1 heterocycles. The molecule has 0 fully saturated rings. The first-order valence-corrected chi connectivity index (χ1v) is 15.9. The standard InChI is InChI=1S/C35H35N5O6S/c1-37(23-26-3-11-31(12-4-26)45-33-15-7-29(8-16-33)39(41)42)21-19-28-25-47-35(36-28)20-22-38(2)24-27-5-13-32(14-6-27)46-34-17-9-30(10-18-34)40(43)44/h3-18,25H,19-24H2,1-2H3. The van der Waals surface area contributed by atoms with Gasteiger partial charge in [-0.05, 0) is 73.8 Å². The number of nitro groups is 2. The fraction of sp³-hybridized carbons (Fsp3) is 0.229. The van der Waals surface area contributed by atoms with Crippen LogP contribution in [-0.2, 0) is 25.9 Å². The number of likely N-dealkylation sites (N-methyl/N-ethyl adjacent to an activating group) is 2. The summed E-state index contributed by atoms with van der Waals surface area (Å²) >= 11 is 1.71. The van der Waals surface area contributed by atoms with E-state index < -0.39 is 9.85 Å². The number of benzene rings is 4. The Morgan fingerprint density at radius 2 is 1.00 bits per heavy atom. The molecule has 0 aliphatic carbocycles. The molecule has 0 bridgehead atoms. The minimum atomic E-state index is -0.432. The van der Waals surface area contributed by atoms with Gasteiger partial charge in [-0.2, -0.15) is 0 Å². The van der Waals surface area contributed by atoms with Gasteiger partial charge in [-0.15, -0.1) is 11.3 Å². The Labute approximate surface area is 276 Å². The van der Waals surface area contributed by atoms with Crippen LogP contribution in [-0.4, -0.2) is 51.8 Å². The third-order valence-corrected chi connectivity index (χ3v) is 8.33. The molecule has 5 rings (SSSR count). The van der Waals surface area contributed by atoms with Gasteiger partial charge in [0.1, 0.15) is 23.0 Å². The third kappa shape index (κ3) is 10.2. The zero-order chi connectivity index (χ0) is 33.2. The highest BCUT2D eigenvalue weighted by molar-refractivity contribution is 7.09. The largest absolute Gasteiger partial charge is 0.457 e.